The summed E-state index contributed by atoms with van der Waals surface area (Å²) < 4.78 is 10.5. The number of carboxylic acids is 1. The first kappa shape index (κ1) is 15.1. The lowest BCUT2D eigenvalue weighted by atomic mass is 10.0. The molecule has 1 aromatic carbocycles. The van der Waals surface area contributed by atoms with Crippen LogP contribution in [0.5, 0.6) is 5.75 Å². The van der Waals surface area contributed by atoms with Gasteiger partial charge in [-0.25, -0.2) is 4.79 Å². The predicted octanol–water partition coefficient (Wildman–Crippen LogP) is 1.64. The molecule has 0 aliphatic carbocycles. The van der Waals surface area contributed by atoms with Crippen LogP contribution in [0, 0.1) is 11.3 Å². The van der Waals surface area contributed by atoms with E-state index in [9.17, 15) is 10.1 Å². The molecule has 0 atom stereocenters. The third kappa shape index (κ3) is 3.86. The number of anilines is 1. The fourth-order valence-corrected chi connectivity index (χ4v) is 2.45. The van der Waals surface area contributed by atoms with Crippen molar-refractivity contribution in [3.63, 3.8) is 0 Å². The number of benzene rings is 1. The summed E-state index contributed by atoms with van der Waals surface area (Å²) in [6.45, 7) is 1.20. The Morgan fingerprint density at radius 1 is 1.48 bits per heavy atom. The van der Waals surface area contributed by atoms with Gasteiger partial charge < -0.3 is 19.5 Å². The zero-order valence-corrected chi connectivity index (χ0v) is 11.9. The number of nitriles is 1. The SMILES string of the molecule is COc1ccc(C#N)c(N2CCC(OCC(=O)O)CC2)c1. The van der Waals surface area contributed by atoms with Gasteiger partial charge in [0.1, 0.15) is 18.4 Å². The van der Waals surface area contributed by atoms with Crippen LogP contribution in [0.3, 0.4) is 0 Å². The molecular formula is C15H18N2O4. The fourth-order valence-electron chi connectivity index (χ4n) is 2.45. The van der Waals surface area contributed by atoms with Gasteiger partial charge in [-0.05, 0) is 25.0 Å². The quantitative estimate of drug-likeness (QED) is 0.887. The molecule has 21 heavy (non-hydrogen) atoms. The molecule has 1 aliphatic rings. The Hall–Kier alpha value is -2.26. The highest BCUT2D eigenvalue weighted by molar-refractivity contribution is 5.68. The van der Waals surface area contributed by atoms with Crippen LogP contribution in [-0.4, -0.2) is 44.0 Å². The third-order valence-corrected chi connectivity index (χ3v) is 3.55. The number of methoxy groups -OCH3 is 1. The first-order valence-electron chi connectivity index (χ1n) is 6.80. The number of nitrogens with zero attached hydrogens (tertiary/aromatic N) is 2. The molecular weight excluding hydrogens is 272 g/mol. The number of piperidine rings is 1. The Morgan fingerprint density at radius 3 is 2.76 bits per heavy atom. The molecule has 1 aromatic rings. The molecule has 1 N–H and O–H groups in total. The van der Waals surface area contributed by atoms with Crippen LogP contribution in [-0.2, 0) is 9.53 Å². The monoisotopic (exact) mass is 290 g/mol. The van der Waals surface area contributed by atoms with E-state index < -0.39 is 5.97 Å². The minimum absolute atomic E-state index is 0.0338. The summed E-state index contributed by atoms with van der Waals surface area (Å²) in [4.78, 5) is 12.6. The molecule has 1 aliphatic heterocycles. The van der Waals surface area contributed by atoms with Gasteiger partial charge in [0.2, 0.25) is 0 Å². The number of carbonyl (C=O) groups is 1. The molecule has 0 unspecified atom stereocenters. The number of carboxylic acid groups (broad SMARTS) is 1. The normalized spacial score (nSPS) is 15.5. The first-order chi connectivity index (χ1) is 10.1. The van der Waals surface area contributed by atoms with E-state index >= 15 is 0 Å². The van der Waals surface area contributed by atoms with Crippen molar-refractivity contribution in [1.29, 1.82) is 5.26 Å². The molecule has 0 spiro atoms. The summed E-state index contributed by atoms with van der Waals surface area (Å²) in [5.41, 5.74) is 1.47. The summed E-state index contributed by atoms with van der Waals surface area (Å²) in [6.07, 6.45) is 1.46. The van der Waals surface area contributed by atoms with Crippen molar-refractivity contribution in [3.8, 4) is 11.8 Å². The van der Waals surface area contributed by atoms with Crippen LogP contribution in [0.25, 0.3) is 0 Å². The number of aliphatic carboxylic acids is 1. The molecule has 6 heteroatoms. The van der Waals surface area contributed by atoms with Crippen LogP contribution >= 0.6 is 0 Å². The van der Waals surface area contributed by atoms with Gasteiger partial charge in [-0.15, -0.1) is 0 Å². The van der Waals surface area contributed by atoms with Gasteiger partial charge in [-0.3, -0.25) is 0 Å². The molecule has 0 saturated carbocycles. The summed E-state index contributed by atoms with van der Waals surface area (Å²) in [7, 11) is 1.59. The van der Waals surface area contributed by atoms with Crippen molar-refractivity contribution >= 4 is 11.7 Å². The molecule has 0 radical (unpaired) electrons. The maximum atomic E-state index is 10.5. The van der Waals surface area contributed by atoms with Crippen LogP contribution in [0.2, 0.25) is 0 Å². The van der Waals surface area contributed by atoms with Crippen LogP contribution in [0.4, 0.5) is 5.69 Å². The highest BCUT2D eigenvalue weighted by atomic mass is 16.5. The minimum Gasteiger partial charge on any atom is -0.497 e. The van der Waals surface area contributed by atoms with E-state index in [4.69, 9.17) is 14.6 Å². The molecule has 0 bridgehead atoms. The number of hydrogen-bond acceptors (Lipinski definition) is 5. The van der Waals surface area contributed by atoms with E-state index in [0.29, 0.717) is 11.3 Å². The molecule has 1 saturated heterocycles. The van der Waals surface area contributed by atoms with E-state index in [0.717, 1.165) is 31.6 Å². The van der Waals surface area contributed by atoms with Crippen LogP contribution < -0.4 is 9.64 Å². The maximum Gasteiger partial charge on any atom is 0.329 e. The molecule has 2 rings (SSSR count). The Labute approximate surface area is 123 Å². The summed E-state index contributed by atoms with van der Waals surface area (Å²) in [5, 5.41) is 17.8. The van der Waals surface area contributed by atoms with Crippen molar-refractivity contribution in [2.75, 3.05) is 31.7 Å². The van der Waals surface area contributed by atoms with Gasteiger partial charge >= 0.3 is 5.97 Å². The Kier molecular flexibility index (Phi) is 5.01. The van der Waals surface area contributed by atoms with E-state index in [-0.39, 0.29) is 12.7 Å². The second-order valence-corrected chi connectivity index (χ2v) is 4.89. The predicted molar refractivity (Wildman–Crippen MR) is 76.5 cm³/mol. The van der Waals surface area contributed by atoms with Gasteiger partial charge in [-0.1, -0.05) is 0 Å². The van der Waals surface area contributed by atoms with E-state index in [1.807, 2.05) is 6.07 Å². The second kappa shape index (κ2) is 6.95. The summed E-state index contributed by atoms with van der Waals surface area (Å²) >= 11 is 0. The average Bonchev–Trinajstić information content (AvgIpc) is 2.52. The molecule has 1 heterocycles. The molecule has 6 nitrogen and oxygen atoms in total. The number of rotatable bonds is 5. The third-order valence-electron chi connectivity index (χ3n) is 3.55. The maximum absolute atomic E-state index is 10.5. The fraction of sp³-hybridized carbons (Fsp3) is 0.467. The first-order valence-corrected chi connectivity index (χ1v) is 6.80. The van der Waals surface area contributed by atoms with Crippen molar-refractivity contribution in [2.45, 2.75) is 18.9 Å². The van der Waals surface area contributed by atoms with Gasteiger partial charge in [0.25, 0.3) is 0 Å². The zero-order chi connectivity index (χ0) is 15.2. The van der Waals surface area contributed by atoms with Gasteiger partial charge in [0, 0.05) is 19.2 Å². The smallest absolute Gasteiger partial charge is 0.329 e. The zero-order valence-electron chi connectivity index (χ0n) is 11.9. The lowest BCUT2D eigenvalue weighted by Crippen LogP contribution is -2.38. The topological polar surface area (TPSA) is 82.8 Å². The van der Waals surface area contributed by atoms with Crippen molar-refractivity contribution in [2.24, 2.45) is 0 Å². The molecule has 112 valence electrons. The Balaban J connectivity index is 2.02. The van der Waals surface area contributed by atoms with Crippen molar-refractivity contribution < 1.29 is 19.4 Å². The minimum atomic E-state index is -0.947. The lowest BCUT2D eigenvalue weighted by molar-refractivity contribution is -0.144. The highest BCUT2D eigenvalue weighted by Crippen LogP contribution is 2.28. The largest absolute Gasteiger partial charge is 0.497 e. The second-order valence-electron chi connectivity index (χ2n) is 4.89. The van der Waals surface area contributed by atoms with E-state index in [1.54, 1.807) is 19.2 Å². The lowest BCUT2D eigenvalue weighted by Gasteiger charge is -2.33. The molecule has 0 amide bonds. The van der Waals surface area contributed by atoms with Crippen molar-refractivity contribution in [3.05, 3.63) is 23.8 Å². The Morgan fingerprint density at radius 2 is 2.19 bits per heavy atom. The molecule has 0 aromatic heterocycles. The van der Waals surface area contributed by atoms with Crippen LogP contribution in [0.1, 0.15) is 18.4 Å². The van der Waals surface area contributed by atoms with Gasteiger partial charge in [-0.2, -0.15) is 5.26 Å². The van der Waals surface area contributed by atoms with E-state index in [2.05, 4.69) is 11.0 Å². The van der Waals surface area contributed by atoms with E-state index in [1.165, 1.54) is 0 Å². The summed E-state index contributed by atoms with van der Waals surface area (Å²) in [6, 6.07) is 7.57. The average molecular weight is 290 g/mol. The highest BCUT2D eigenvalue weighted by Gasteiger charge is 2.22. The summed E-state index contributed by atoms with van der Waals surface area (Å²) in [5.74, 6) is -0.231. The Bertz CT molecular complexity index is 545. The van der Waals surface area contributed by atoms with Crippen LogP contribution in [0.15, 0.2) is 18.2 Å². The number of ether oxygens (including phenoxy) is 2. The van der Waals surface area contributed by atoms with Gasteiger partial charge in [0.05, 0.1) is 24.5 Å². The standard InChI is InChI=1S/C15H18N2O4/c1-20-13-3-2-11(9-16)14(8-13)17-6-4-12(5-7-17)21-10-15(18)19/h2-3,8,12H,4-7,10H2,1H3,(H,18,19). The molecule has 1 fully saturated rings. The number of hydrogen-bond donors (Lipinski definition) is 1. The van der Waals surface area contributed by atoms with Crippen molar-refractivity contribution in [1.82, 2.24) is 0 Å². The van der Waals surface area contributed by atoms with Gasteiger partial charge in [0.15, 0.2) is 0 Å².